The lowest BCUT2D eigenvalue weighted by Crippen LogP contribution is -2.18. The van der Waals surface area contributed by atoms with Gasteiger partial charge in [0.1, 0.15) is 18.1 Å². The smallest absolute Gasteiger partial charge is 0.119 e. The van der Waals surface area contributed by atoms with E-state index in [0.717, 1.165) is 30.1 Å². The van der Waals surface area contributed by atoms with Gasteiger partial charge in [-0.15, -0.1) is 0 Å². The molecular weight excluding hydrogens is 250 g/mol. The van der Waals surface area contributed by atoms with Crippen molar-refractivity contribution in [2.45, 2.75) is 19.4 Å². The molecule has 2 N–H and O–H groups in total. The average molecular weight is 271 g/mol. The summed E-state index contributed by atoms with van der Waals surface area (Å²) < 4.78 is 11.2. The highest BCUT2D eigenvalue weighted by molar-refractivity contribution is 5.31. The van der Waals surface area contributed by atoms with Crippen LogP contribution in [0.1, 0.15) is 24.9 Å². The van der Waals surface area contributed by atoms with Crippen molar-refractivity contribution >= 4 is 0 Å². The Morgan fingerprint density at radius 3 is 2.10 bits per heavy atom. The van der Waals surface area contributed by atoms with Gasteiger partial charge in [-0.25, -0.2) is 0 Å². The molecule has 0 fully saturated rings. The summed E-state index contributed by atoms with van der Waals surface area (Å²) in [5.74, 6) is 1.67. The molecule has 1 atom stereocenters. The third-order valence-corrected chi connectivity index (χ3v) is 2.95. The van der Waals surface area contributed by atoms with E-state index in [0.29, 0.717) is 6.61 Å². The van der Waals surface area contributed by atoms with E-state index in [1.54, 1.807) is 0 Å². The van der Waals surface area contributed by atoms with Gasteiger partial charge in [0.25, 0.3) is 0 Å². The molecule has 0 saturated carbocycles. The first-order chi connectivity index (χ1) is 9.79. The molecule has 20 heavy (non-hydrogen) atoms. The molecule has 0 bridgehead atoms. The van der Waals surface area contributed by atoms with E-state index in [4.69, 9.17) is 15.2 Å². The highest BCUT2D eigenvalue weighted by Crippen LogP contribution is 2.19. The van der Waals surface area contributed by atoms with Gasteiger partial charge in [-0.3, -0.25) is 0 Å². The number of hydrogen-bond acceptors (Lipinski definition) is 3. The van der Waals surface area contributed by atoms with E-state index in [1.165, 1.54) is 0 Å². The summed E-state index contributed by atoms with van der Waals surface area (Å²) in [6, 6.07) is 17.5. The Labute approximate surface area is 120 Å². The lowest BCUT2D eigenvalue weighted by Gasteiger charge is -2.14. The van der Waals surface area contributed by atoms with E-state index in [2.05, 4.69) is 6.92 Å². The molecule has 0 radical (unpaired) electrons. The Morgan fingerprint density at radius 2 is 1.50 bits per heavy atom. The van der Waals surface area contributed by atoms with Crippen LogP contribution in [0.4, 0.5) is 0 Å². The predicted molar refractivity (Wildman–Crippen MR) is 81.1 cm³/mol. The van der Waals surface area contributed by atoms with Crippen molar-refractivity contribution in [1.82, 2.24) is 0 Å². The SMILES string of the molecule is CCCOc1ccc(OCC(N)c2ccccc2)cc1. The number of hydrogen-bond donors (Lipinski definition) is 1. The van der Waals surface area contributed by atoms with Crippen LogP contribution in [0.2, 0.25) is 0 Å². The van der Waals surface area contributed by atoms with E-state index >= 15 is 0 Å². The second kappa shape index (κ2) is 7.56. The average Bonchev–Trinajstić information content (AvgIpc) is 2.52. The van der Waals surface area contributed by atoms with Crippen LogP contribution in [0.15, 0.2) is 54.6 Å². The molecule has 2 aromatic carbocycles. The molecule has 2 rings (SSSR count). The molecule has 1 unspecified atom stereocenters. The van der Waals surface area contributed by atoms with Gasteiger partial charge in [-0.1, -0.05) is 37.3 Å². The predicted octanol–water partition coefficient (Wildman–Crippen LogP) is 3.55. The highest BCUT2D eigenvalue weighted by atomic mass is 16.5. The molecular formula is C17H21NO2. The molecule has 3 heteroatoms. The zero-order chi connectivity index (χ0) is 14.2. The Bertz CT molecular complexity index is 496. The van der Waals surface area contributed by atoms with Gasteiger partial charge in [-0.05, 0) is 36.2 Å². The van der Waals surface area contributed by atoms with Gasteiger partial charge in [0.2, 0.25) is 0 Å². The highest BCUT2D eigenvalue weighted by Gasteiger charge is 2.06. The normalized spacial score (nSPS) is 11.9. The largest absolute Gasteiger partial charge is 0.494 e. The summed E-state index contributed by atoms with van der Waals surface area (Å²) in [6.07, 6.45) is 1.00. The first-order valence-corrected chi connectivity index (χ1v) is 6.96. The summed E-state index contributed by atoms with van der Waals surface area (Å²) in [5, 5.41) is 0. The standard InChI is InChI=1S/C17H21NO2/c1-2-12-19-15-8-10-16(11-9-15)20-13-17(18)14-6-4-3-5-7-14/h3-11,17H,2,12-13,18H2,1H3. The number of rotatable bonds is 7. The van der Waals surface area contributed by atoms with E-state index in [1.807, 2.05) is 54.6 Å². The molecule has 0 aromatic heterocycles. The maximum Gasteiger partial charge on any atom is 0.119 e. The molecule has 106 valence electrons. The van der Waals surface area contributed by atoms with Gasteiger partial charge < -0.3 is 15.2 Å². The fraction of sp³-hybridized carbons (Fsp3) is 0.294. The van der Waals surface area contributed by atoms with Gasteiger partial charge in [0, 0.05) is 0 Å². The first-order valence-electron chi connectivity index (χ1n) is 6.96. The zero-order valence-electron chi connectivity index (χ0n) is 11.8. The third-order valence-electron chi connectivity index (χ3n) is 2.95. The van der Waals surface area contributed by atoms with Crippen LogP contribution in [0, 0.1) is 0 Å². The first kappa shape index (κ1) is 14.4. The van der Waals surface area contributed by atoms with Crippen LogP contribution in [-0.2, 0) is 0 Å². The Hall–Kier alpha value is -2.00. The van der Waals surface area contributed by atoms with Crippen molar-refractivity contribution in [2.24, 2.45) is 5.73 Å². The molecule has 0 aliphatic rings. The van der Waals surface area contributed by atoms with Crippen molar-refractivity contribution < 1.29 is 9.47 Å². The molecule has 0 saturated heterocycles. The van der Waals surface area contributed by atoms with Crippen molar-refractivity contribution in [2.75, 3.05) is 13.2 Å². The van der Waals surface area contributed by atoms with Crippen LogP contribution in [0.3, 0.4) is 0 Å². The summed E-state index contributed by atoms with van der Waals surface area (Å²) in [4.78, 5) is 0. The van der Waals surface area contributed by atoms with Gasteiger partial charge in [-0.2, -0.15) is 0 Å². The minimum absolute atomic E-state index is 0.118. The molecule has 0 aliphatic heterocycles. The second-order valence-electron chi connectivity index (χ2n) is 4.65. The number of ether oxygens (including phenoxy) is 2. The molecule has 3 nitrogen and oxygen atoms in total. The Balaban J connectivity index is 1.84. The van der Waals surface area contributed by atoms with E-state index < -0.39 is 0 Å². The van der Waals surface area contributed by atoms with E-state index in [-0.39, 0.29) is 6.04 Å². The maximum absolute atomic E-state index is 6.09. The van der Waals surface area contributed by atoms with Crippen molar-refractivity contribution in [1.29, 1.82) is 0 Å². The molecule has 0 heterocycles. The fourth-order valence-corrected chi connectivity index (χ4v) is 1.83. The molecule has 0 amide bonds. The third kappa shape index (κ3) is 4.28. The quantitative estimate of drug-likeness (QED) is 0.837. The minimum Gasteiger partial charge on any atom is -0.494 e. The van der Waals surface area contributed by atoms with Gasteiger partial charge in [0.05, 0.1) is 12.6 Å². The van der Waals surface area contributed by atoms with Crippen molar-refractivity contribution in [3.8, 4) is 11.5 Å². The van der Waals surface area contributed by atoms with Gasteiger partial charge >= 0.3 is 0 Å². The minimum atomic E-state index is -0.118. The van der Waals surface area contributed by atoms with Crippen LogP contribution >= 0.6 is 0 Å². The summed E-state index contributed by atoms with van der Waals surface area (Å²) >= 11 is 0. The monoisotopic (exact) mass is 271 g/mol. The van der Waals surface area contributed by atoms with Crippen molar-refractivity contribution in [3.63, 3.8) is 0 Å². The van der Waals surface area contributed by atoms with Crippen molar-refractivity contribution in [3.05, 3.63) is 60.2 Å². The van der Waals surface area contributed by atoms with Gasteiger partial charge in [0.15, 0.2) is 0 Å². The zero-order valence-corrected chi connectivity index (χ0v) is 11.8. The Morgan fingerprint density at radius 1 is 0.900 bits per heavy atom. The number of nitrogens with two attached hydrogens (primary N) is 1. The molecule has 2 aromatic rings. The topological polar surface area (TPSA) is 44.5 Å². The fourth-order valence-electron chi connectivity index (χ4n) is 1.83. The summed E-state index contributed by atoms with van der Waals surface area (Å²) in [5.41, 5.74) is 7.17. The second-order valence-corrected chi connectivity index (χ2v) is 4.65. The maximum atomic E-state index is 6.09. The summed E-state index contributed by atoms with van der Waals surface area (Å²) in [6.45, 7) is 3.28. The Kier molecular flexibility index (Phi) is 5.44. The number of benzene rings is 2. The van der Waals surface area contributed by atoms with Crippen LogP contribution in [0.5, 0.6) is 11.5 Å². The van der Waals surface area contributed by atoms with Crippen LogP contribution < -0.4 is 15.2 Å². The molecule has 0 aliphatic carbocycles. The molecule has 0 spiro atoms. The van der Waals surface area contributed by atoms with Crippen LogP contribution in [-0.4, -0.2) is 13.2 Å². The lowest BCUT2D eigenvalue weighted by atomic mass is 10.1. The summed E-state index contributed by atoms with van der Waals surface area (Å²) in [7, 11) is 0. The van der Waals surface area contributed by atoms with E-state index in [9.17, 15) is 0 Å². The van der Waals surface area contributed by atoms with Crippen LogP contribution in [0.25, 0.3) is 0 Å². The lowest BCUT2D eigenvalue weighted by molar-refractivity contribution is 0.288.